The average Bonchev–Trinajstić information content (AvgIpc) is 3.52. The normalized spacial score (nSPS) is 19.2. The Hall–Kier alpha value is -4.24. The van der Waals surface area contributed by atoms with Crippen LogP contribution < -0.4 is 21.3 Å². The first-order valence-corrected chi connectivity index (χ1v) is 14.5. The average molecular weight is 577 g/mol. The number of azide groups is 1. The molecule has 2 fully saturated rings. The van der Waals surface area contributed by atoms with Crippen LogP contribution in [0.25, 0.3) is 32.1 Å². The number of hydrogen-bond donors (Lipinski definition) is 4. The van der Waals surface area contributed by atoms with Gasteiger partial charge < -0.3 is 26.0 Å². The molecule has 0 spiro atoms. The summed E-state index contributed by atoms with van der Waals surface area (Å²) in [6, 6.07) is 9.19. The Balaban J connectivity index is 1.04. The summed E-state index contributed by atoms with van der Waals surface area (Å²) in [6.07, 6.45) is 6.30. The number of fused-ring (bicyclic) bond motifs is 2. The van der Waals surface area contributed by atoms with E-state index in [-0.39, 0.29) is 41.3 Å². The van der Waals surface area contributed by atoms with Crippen molar-refractivity contribution in [1.82, 2.24) is 21.3 Å². The van der Waals surface area contributed by atoms with Gasteiger partial charge in [0.15, 0.2) is 5.69 Å². The summed E-state index contributed by atoms with van der Waals surface area (Å²) >= 11 is 1.88. The van der Waals surface area contributed by atoms with Crippen molar-refractivity contribution >= 4 is 57.8 Å². The number of unbranched alkanes of at least 4 members (excludes halogenated alkanes) is 1. The number of amides is 4. The van der Waals surface area contributed by atoms with Gasteiger partial charge in [-0.1, -0.05) is 29.7 Å². The molecule has 0 bridgehead atoms. The molecule has 3 atom stereocenters. The number of nitrogens with zero attached hydrogens (tertiary/aromatic N) is 4. The van der Waals surface area contributed by atoms with Crippen LogP contribution >= 0.6 is 11.8 Å². The number of nitrogens with one attached hydrogen (secondary N) is 4. The van der Waals surface area contributed by atoms with Crippen LogP contribution in [0, 0.1) is 6.57 Å². The highest BCUT2D eigenvalue weighted by Crippen LogP contribution is 2.34. The van der Waals surface area contributed by atoms with Gasteiger partial charge >= 0.3 is 6.03 Å². The molecule has 2 saturated heterocycles. The van der Waals surface area contributed by atoms with Gasteiger partial charge in [0.05, 0.1) is 31.9 Å². The maximum Gasteiger partial charge on any atom is 0.315 e. The molecule has 4 N–H and O–H groups in total. The lowest BCUT2D eigenvalue weighted by Crippen LogP contribution is -2.36. The highest BCUT2D eigenvalue weighted by molar-refractivity contribution is 8.00. The summed E-state index contributed by atoms with van der Waals surface area (Å²) in [6.45, 7) is 8.71. The zero-order chi connectivity index (χ0) is 29.0. The molecule has 0 radical (unpaired) electrons. The zero-order valence-corrected chi connectivity index (χ0v) is 23.3. The molecule has 4 rings (SSSR count). The Kier molecular flexibility index (Phi) is 10.8. The Labute approximate surface area is 242 Å². The maximum atomic E-state index is 12.1. The van der Waals surface area contributed by atoms with Gasteiger partial charge in [-0.05, 0) is 52.9 Å². The van der Waals surface area contributed by atoms with E-state index in [1.54, 1.807) is 18.2 Å². The van der Waals surface area contributed by atoms with Crippen LogP contribution in [0.4, 0.5) is 16.2 Å². The largest absolute Gasteiger partial charge is 0.378 e. The second kappa shape index (κ2) is 14.9. The van der Waals surface area contributed by atoms with E-state index >= 15 is 0 Å². The number of urea groups is 1. The fraction of sp³-hybridized carbons (Fsp3) is 0.429. The van der Waals surface area contributed by atoms with E-state index in [9.17, 15) is 14.4 Å². The smallest absolute Gasteiger partial charge is 0.315 e. The van der Waals surface area contributed by atoms with Crippen molar-refractivity contribution in [1.29, 1.82) is 0 Å². The predicted octanol–water partition coefficient (Wildman–Crippen LogP) is 4.32. The van der Waals surface area contributed by atoms with Crippen molar-refractivity contribution in [3.8, 4) is 0 Å². The number of benzene rings is 2. The molecule has 4 amide bonds. The summed E-state index contributed by atoms with van der Waals surface area (Å²) in [5.41, 5.74) is 10.0. The highest BCUT2D eigenvalue weighted by atomic mass is 32.2. The topological polar surface area (TPSA) is 162 Å². The van der Waals surface area contributed by atoms with Gasteiger partial charge in [-0.15, -0.1) is 0 Å². The van der Waals surface area contributed by atoms with Gasteiger partial charge in [-0.3, -0.25) is 9.59 Å². The molecule has 214 valence electrons. The fourth-order valence-corrected chi connectivity index (χ4v) is 6.36. The van der Waals surface area contributed by atoms with Crippen molar-refractivity contribution in [2.45, 2.75) is 43.0 Å². The molecular formula is C28H32N8O4S. The first-order chi connectivity index (χ1) is 20.0. The minimum Gasteiger partial charge on any atom is -0.378 e. The Morgan fingerprint density at radius 3 is 2.78 bits per heavy atom. The molecule has 12 nitrogen and oxygen atoms in total. The first-order valence-electron chi connectivity index (χ1n) is 13.5. The van der Waals surface area contributed by atoms with Gasteiger partial charge in [0.25, 0.3) is 0 Å². The minimum absolute atomic E-state index is 0.00468. The van der Waals surface area contributed by atoms with Gasteiger partial charge in [-0.25, -0.2) is 9.64 Å². The van der Waals surface area contributed by atoms with E-state index in [0.717, 1.165) is 41.4 Å². The van der Waals surface area contributed by atoms with Crippen LogP contribution in [-0.4, -0.2) is 67.2 Å². The Bertz CT molecular complexity index is 1400. The van der Waals surface area contributed by atoms with Crippen molar-refractivity contribution in [2.24, 2.45) is 5.11 Å². The molecule has 0 unspecified atom stereocenters. The molecule has 2 aromatic rings. The van der Waals surface area contributed by atoms with Gasteiger partial charge in [0.2, 0.25) is 11.8 Å². The van der Waals surface area contributed by atoms with Gasteiger partial charge in [0.1, 0.15) is 0 Å². The standard InChI is InChI=1S/C28H32N8O4S/c1-30-21-16-20-14-18(6-8-19(20)15-22(21)35-36-29)7-9-26(38)32-11-13-40-12-10-31-25(37)5-3-2-4-24-27-23(17-41-24)33-28(39)34-27/h6-9,14-16,23-24,27H,2-5,10-13,17H2,(H,31,37)(H,32,38)(H2,33,34,39)/b9-7+/t23-,24-,27-/m0/s1. The van der Waals surface area contributed by atoms with Crippen molar-refractivity contribution in [2.75, 3.05) is 32.1 Å². The minimum atomic E-state index is -0.263. The third-order valence-corrected chi connectivity index (χ3v) is 8.36. The summed E-state index contributed by atoms with van der Waals surface area (Å²) in [5.74, 6) is 0.673. The van der Waals surface area contributed by atoms with E-state index < -0.39 is 0 Å². The second-order valence-corrected chi connectivity index (χ2v) is 11.0. The molecule has 2 aliphatic rings. The van der Waals surface area contributed by atoms with Crippen molar-refractivity contribution < 1.29 is 19.1 Å². The molecule has 0 saturated carbocycles. The van der Waals surface area contributed by atoms with E-state index in [4.69, 9.17) is 16.8 Å². The zero-order valence-electron chi connectivity index (χ0n) is 22.5. The number of hydrogen-bond acceptors (Lipinski definition) is 6. The van der Waals surface area contributed by atoms with Gasteiger partial charge in [0, 0.05) is 47.2 Å². The second-order valence-electron chi connectivity index (χ2n) is 9.70. The van der Waals surface area contributed by atoms with Crippen molar-refractivity contribution in [3.05, 3.63) is 63.8 Å². The lowest BCUT2D eigenvalue weighted by Gasteiger charge is -2.16. The van der Waals surface area contributed by atoms with E-state index in [1.807, 2.05) is 30.0 Å². The molecule has 0 aromatic heterocycles. The molecule has 41 heavy (non-hydrogen) atoms. The number of carbonyl (C=O) groups excluding carboxylic acids is 3. The molecule has 2 heterocycles. The molecule has 2 aromatic carbocycles. The molecule has 2 aliphatic heterocycles. The fourth-order valence-electron chi connectivity index (χ4n) is 4.82. The number of thioether (sulfide) groups is 1. The highest BCUT2D eigenvalue weighted by Gasteiger charge is 2.42. The van der Waals surface area contributed by atoms with Crippen LogP contribution in [0.5, 0.6) is 0 Å². The van der Waals surface area contributed by atoms with E-state index in [0.29, 0.717) is 38.0 Å². The van der Waals surface area contributed by atoms with Crippen LogP contribution in [0.15, 0.2) is 41.5 Å². The summed E-state index contributed by atoms with van der Waals surface area (Å²) in [4.78, 5) is 41.8. The first kappa shape index (κ1) is 29.7. The van der Waals surface area contributed by atoms with Crippen molar-refractivity contribution in [3.63, 3.8) is 0 Å². The van der Waals surface area contributed by atoms with Crippen LogP contribution in [-0.2, 0) is 14.3 Å². The number of ether oxygens (including phenoxy) is 1. The Morgan fingerprint density at radius 1 is 1.15 bits per heavy atom. The number of rotatable bonds is 14. The third-order valence-electron chi connectivity index (χ3n) is 6.85. The Morgan fingerprint density at radius 2 is 1.98 bits per heavy atom. The van der Waals surface area contributed by atoms with E-state index in [2.05, 4.69) is 36.1 Å². The van der Waals surface area contributed by atoms with Gasteiger partial charge in [-0.2, -0.15) is 11.8 Å². The van der Waals surface area contributed by atoms with Crippen LogP contribution in [0.2, 0.25) is 0 Å². The van der Waals surface area contributed by atoms with Crippen LogP contribution in [0.3, 0.4) is 0 Å². The SMILES string of the molecule is [C-]#[N+]c1cc2cc(/C=C/C(=O)NCCOCCNC(=O)CCCC[C@@H]3SC[C@@H]4NC(=O)N[C@@H]43)ccc2cc1N=[N+]=[N-]. The number of carbonyl (C=O) groups is 3. The lowest BCUT2D eigenvalue weighted by atomic mass is 10.0. The predicted molar refractivity (Wildman–Crippen MR) is 159 cm³/mol. The summed E-state index contributed by atoms with van der Waals surface area (Å²) in [5, 5.41) is 17.1. The summed E-state index contributed by atoms with van der Waals surface area (Å²) < 4.78 is 5.49. The molecule has 0 aliphatic carbocycles. The quantitative estimate of drug-likeness (QED) is 0.0500. The monoisotopic (exact) mass is 576 g/mol. The lowest BCUT2D eigenvalue weighted by molar-refractivity contribution is -0.121. The van der Waals surface area contributed by atoms with E-state index in [1.165, 1.54) is 6.08 Å². The third kappa shape index (κ3) is 8.62. The molecule has 13 heteroatoms. The maximum absolute atomic E-state index is 12.1. The molecular weight excluding hydrogens is 544 g/mol. The van der Waals surface area contributed by atoms with Crippen LogP contribution in [0.1, 0.15) is 31.2 Å². The summed E-state index contributed by atoms with van der Waals surface area (Å²) in [7, 11) is 0.